The number of nitrogens with one attached hydrogen (secondary N) is 2. The third-order valence-corrected chi connectivity index (χ3v) is 4.07. The zero-order chi connectivity index (χ0) is 23.7. The van der Waals surface area contributed by atoms with Crippen molar-refractivity contribution in [1.29, 1.82) is 0 Å². The van der Waals surface area contributed by atoms with E-state index >= 15 is 0 Å². The lowest BCUT2D eigenvalue weighted by Crippen LogP contribution is -2.44. The predicted octanol–water partition coefficient (Wildman–Crippen LogP) is 0.444. The second-order valence-corrected chi connectivity index (χ2v) is 6.31. The van der Waals surface area contributed by atoms with Crippen molar-refractivity contribution in [3.8, 4) is 0 Å². The van der Waals surface area contributed by atoms with Gasteiger partial charge < -0.3 is 20.4 Å². The van der Waals surface area contributed by atoms with Crippen LogP contribution in [0.25, 0.3) is 0 Å². The maximum atomic E-state index is 10.7. The average molecular weight is 448 g/mol. The van der Waals surface area contributed by atoms with Crippen LogP contribution in [-0.4, -0.2) is 67.1 Å². The van der Waals surface area contributed by atoms with Crippen molar-refractivity contribution in [2.75, 3.05) is 17.5 Å². The first-order valence-electron chi connectivity index (χ1n) is 8.99. The smallest absolute Gasteiger partial charge is 0.269 e. The Bertz CT molecular complexity index is 980. The van der Waals surface area contributed by atoms with Crippen molar-refractivity contribution in [3.05, 3.63) is 68.8 Å². The van der Waals surface area contributed by atoms with Crippen LogP contribution in [0.5, 0.6) is 0 Å². The van der Waals surface area contributed by atoms with E-state index in [0.29, 0.717) is 11.4 Å². The van der Waals surface area contributed by atoms with E-state index in [-0.39, 0.29) is 17.1 Å². The Hall–Kier alpha value is -3.98. The van der Waals surface area contributed by atoms with Crippen molar-refractivity contribution in [3.63, 3.8) is 0 Å². The molecule has 0 aliphatic rings. The summed E-state index contributed by atoms with van der Waals surface area (Å²) in [4.78, 5) is 20.3. The summed E-state index contributed by atoms with van der Waals surface area (Å²) in [6.07, 6.45) is -4.23. The van der Waals surface area contributed by atoms with Gasteiger partial charge >= 0.3 is 0 Å². The van der Waals surface area contributed by atoms with E-state index in [9.17, 15) is 35.5 Å². The molecule has 3 atom stereocenters. The summed E-state index contributed by atoms with van der Waals surface area (Å²) in [5.74, 6) is 0. The zero-order valence-electron chi connectivity index (χ0n) is 16.3. The lowest BCUT2D eigenvalue weighted by molar-refractivity contribution is -0.385. The van der Waals surface area contributed by atoms with E-state index in [2.05, 4.69) is 21.1 Å². The second kappa shape index (κ2) is 11.4. The Balaban J connectivity index is 2.18. The maximum Gasteiger partial charge on any atom is 0.269 e. The molecule has 0 radical (unpaired) electrons. The number of non-ortho nitro benzene ring substituents is 2. The van der Waals surface area contributed by atoms with Crippen LogP contribution in [-0.2, 0) is 0 Å². The summed E-state index contributed by atoms with van der Waals surface area (Å²) in [6, 6.07) is 10.4. The molecule has 0 aromatic heterocycles. The fourth-order valence-corrected chi connectivity index (χ4v) is 2.28. The van der Waals surface area contributed by atoms with Gasteiger partial charge in [0.25, 0.3) is 11.4 Å². The van der Waals surface area contributed by atoms with Crippen molar-refractivity contribution in [2.45, 2.75) is 18.3 Å². The highest BCUT2D eigenvalue weighted by Gasteiger charge is 2.28. The minimum Gasteiger partial charge on any atom is -0.394 e. The fourth-order valence-electron chi connectivity index (χ4n) is 2.28. The zero-order valence-corrected chi connectivity index (χ0v) is 16.3. The van der Waals surface area contributed by atoms with Crippen molar-refractivity contribution < 1.29 is 30.3 Å². The van der Waals surface area contributed by atoms with Gasteiger partial charge in [-0.05, 0) is 24.3 Å². The molecule has 0 saturated heterocycles. The first-order valence-corrected chi connectivity index (χ1v) is 8.99. The van der Waals surface area contributed by atoms with Gasteiger partial charge in [-0.2, -0.15) is 10.2 Å². The van der Waals surface area contributed by atoms with Gasteiger partial charge in [0.1, 0.15) is 24.0 Å². The van der Waals surface area contributed by atoms with Crippen LogP contribution in [0.3, 0.4) is 0 Å². The number of hydrazone groups is 2. The molecule has 14 heteroatoms. The largest absolute Gasteiger partial charge is 0.394 e. The lowest BCUT2D eigenvalue weighted by Gasteiger charge is -2.21. The molecular weight excluding hydrogens is 428 g/mol. The highest BCUT2D eigenvalue weighted by Crippen LogP contribution is 2.16. The minimum absolute atomic E-state index is 0.120. The molecule has 0 aliphatic heterocycles. The number of aliphatic hydroxyl groups excluding tert-OH is 4. The number of nitro benzene ring substituents is 2. The molecule has 2 rings (SSSR count). The molecule has 0 amide bonds. The highest BCUT2D eigenvalue weighted by atomic mass is 16.6. The molecular formula is C18H20N6O8. The van der Waals surface area contributed by atoms with Crippen LogP contribution < -0.4 is 10.9 Å². The van der Waals surface area contributed by atoms with Crippen LogP contribution in [0.15, 0.2) is 58.7 Å². The summed E-state index contributed by atoms with van der Waals surface area (Å²) in [5, 5.41) is 67.9. The maximum absolute atomic E-state index is 10.7. The molecule has 0 saturated carbocycles. The normalized spacial score (nSPS) is 14.6. The molecule has 14 nitrogen and oxygen atoms in total. The van der Waals surface area contributed by atoms with Crippen LogP contribution in [0.4, 0.5) is 22.7 Å². The van der Waals surface area contributed by atoms with E-state index in [1.165, 1.54) is 48.5 Å². The van der Waals surface area contributed by atoms with Crippen molar-refractivity contribution >= 4 is 34.7 Å². The van der Waals surface area contributed by atoms with Gasteiger partial charge in [-0.1, -0.05) is 0 Å². The molecule has 2 aromatic carbocycles. The third kappa shape index (κ3) is 6.78. The fraction of sp³-hybridized carbons (Fsp3) is 0.222. The molecule has 170 valence electrons. The molecule has 2 aromatic rings. The topological polar surface area (TPSA) is 216 Å². The van der Waals surface area contributed by atoms with E-state index < -0.39 is 34.8 Å². The molecule has 0 heterocycles. The number of nitrogens with zero attached hydrogens (tertiary/aromatic N) is 4. The Labute approximate surface area is 180 Å². The number of benzene rings is 2. The monoisotopic (exact) mass is 448 g/mol. The first-order chi connectivity index (χ1) is 15.2. The van der Waals surface area contributed by atoms with E-state index in [1.807, 2.05) is 0 Å². The number of anilines is 2. The number of nitro groups is 2. The molecule has 0 aliphatic carbocycles. The Kier molecular flexibility index (Phi) is 8.67. The molecule has 6 N–H and O–H groups in total. The van der Waals surface area contributed by atoms with Gasteiger partial charge in [0.15, 0.2) is 0 Å². The van der Waals surface area contributed by atoms with Crippen LogP contribution >= 0.6 is 0 Å². The van der Waals surface area contributed by atoms with Gasteiger partial charge in [0.05, 0.1) is 34.0 Å². The highest BCUT2D eigenvalue weighted by molar-refractivity contribution is 6.33. The molecule has 0 bridgehead atoms. The minimum atomic E-state index is -1.80. The van der Waals surface area contributed by atoms with Crippen LogP contribution in [0.2, 0.25) is 0 Å². The van der Waals surface area contributed by atoms with Gasteiger partial charge in [-0.25, -0.2) is 0 Å². The summed E-state index contributed by atoms with van der Waals surface area (Å²) >= 11 is 0. The van der Waals surface area contributed by atoms with E-state index in [0.717, 1.165) is 6.21 Å². The van der Waals surface area contributed by atoms with Gasteiger partial charge in [0.2, 0.25) is 0 Å². The van der Waals surface area contributed by atoms with Gasteiger partial charge in [-0.15, -0.1) is 0 Å². The van der Waals surface area contributed by atoms with Crippen molar-refractivity contribution in [1.82, 2.24) is 0 Å². The third-order valence-electron chi connectivity index (χ3n) is 4.07. The molecule has 0 fully saturated rings. The van der Waals surface area contributed by atoms with Crippen LogP contribution in [0.1, 0.15) is 0 Å². The summed E-state index contributed by atoms with van der Waals surface area (Å²) < 4.78 is 0. The predicted molar refractivity (Wildman–Crippen MR) is 114 cm³/mol. The Morgan fingerprint density at radius 2 is 1.38 bits per heavy atom. The number of hydrogen-bond acceptors (Lipinski definition) is 12. The Morgan fingerprint density at radius 1 is 0.906 bits per heavy atom. The average Bonchev–Trinajstić information content (AvgIpc) is 2.80. The SMILES string of the molecule is O=[N+]([O-])c1ccc(N/N=C\C(=N/Nc2ccc([N+](=O)[O-])cc2)[C@H](O)[C@H](O)[C@H](O)CO)cc1. The second-order valence-electron chi connectivity index (χ2n) is 6.31. The number of aliphatic hydroxyl groups is 4. The van der Waals surface area contributed by atoms with Crippen molar-refractivity contribution in [2.24, 2.45) is 10.2 Å². The molecule has 32 heavy (non-hydrogen) atoms. The summed E-state index contributed by atoms with van der Waals surface area (Å²) in [7, 11) is 0. The summed E-state index contributed by atoms with van der Waals surface area (Å²) in [5.41, 5.74) is 5.24. The quantitative estimate of drug-likeness (QED) is 0.158. The van der Waals surface area contributed by atoms with Gasteiger partial charge in [-0.3, -0.25) is 31.1 Å². The lowest BCUT2D eigenvalue weighted by atomic mass is 10.0. The van der Waals surface area contributed by atoms with Crippen LogP contribution in [0, 0.1) is 20.2 Å². The standard InChI is InChI=1S/C18H20N6O8/c25-10-16(26)18(28)17(27)15(22-21-12-3-7-14(8-4-12)24(31)32)9-19-20-11-1-5-13(6-2-11)23(29)30/h1-9,16-18,20-21,25-28H,10H2/b19-9-,22-15+/t16-,17+,18-/m1/s1. The summed E-state index contributed by atoms with van der Waals surface area (Å²) in [6.45, 7) is -0.820. The van der Waals surface area contributed by atoms with Gasteiger partial charge in [0, 0.05) is 24.3 Å². The van der Waals surface area contributed by atoms with E-state index in [1.54, 1.807) is 0 Å². The van der Waals surface area contributed by atoms with E-state index in [4.69, 9.17) is 5.11 Å². The number of rotatable bonds is 11. The first kappa shape index (κ1) is 24.3. The molecule has 0 unspecified atom stereocenters. The Morgan fingerprint density at radius 3 is 1.81 bits per heavy atom. The molecule has 0 spiro atoms. The number of hydrogen-bond donors (Lipinski definition) is 6.